The van der Waals surface area contributed by atoms with Crippen molar-refractivity contribution in [3.8, 4) is 0 Å². The van der Waals surface area contributed by atoms with E-state index in [9.17, 15) is 14.4 Å². The van der Waals surface area contributed by atoms with Gasteiger partial charge in [-0.05, 0) is 47.1 Å². The molecule has 4 aromatic rings. The van der Waals surface area contributed by atoms with Gasteiger partial charge in [-0.2, -0.15) is 0 Å². The molecule has 0 atom stereocenters. The van der Waals surface area contributed by atoms with Crippen LogP contribution in [0.25, 0.3) is 10.8 Å². The van der Waals surface area contributed by atoms with Gasteiger partial charge in [0.05, 0.1) is 6.54 Å². The Balaban J connectivity index is 1.62. The van der Waals surface area contributed by atoms with Crippen LogP contribution in [0.3, 0.4) is 0 Å². The molecule has 37 heavy (non-hydrogen) atoms. The number of carbonyl (C=O) groups is 1. The zero-order chi connectivity index (χ0) is 26.2. The van der Waals surface area contributed by atoms with Crippen LogP contribution >= 0.6 is 12.2 Å². The van der Waals surface area contributed by atoms with Gasteiger partial charge in [-0.15, -0.1) is 0 Å². The van der Waals surface area contributed by atoms with Crippen molar-refractivity contribution < 1.29 is 9.53 Å². The van der Waals surface area contributed by atoms with Crippen LogP contribution in [0.5, 0.6) is 0 Å². The molecule has 9 nitrogen and oxygen atoms in total. The lowest BCUT2D eigenvalue weighted by Gasteiger charge is -2.19. The van der Waals surface area contributed by atoms with Crippen LogP contribution in [0.1, 0.15) is 22.3 Å². The number of anilines is 2. The lowest BCUT2D eigenvalue weighted by atomic mass is 10.1. The van der Waals surface area contributed by atoms with Gasteiger partial charge in [0, 0.05) is 25.8 Å². The first-order valence-corrected chi connectivity index (χ1v) is 12.1. The lowest BCUT2D eigenvalue weighted by molar-refractivity contribution is 0.0978. The van der Waals surface area contributed by atoms with Crippen LogP contribution in [-0.2, 0) is 11.3 Å². The van der Waals surface area contributed by atoms with E-state index in [1.807, 2.05) is 60.7 Å². The first kappa shape index (κ1) is 25.8. The average Bonchev–Trinajstić information content (AvgIpc) is 2.90. The zero-order valence-corrected chi connectivity index (χ0v) is 21.1. The van der Waals surface area contributed by atoms with Crippen LogP contribution in [0.4, 0.5) is 11.5 Å². The molecule has 4 N–H and O–H groups in total. The number of rotatable bonds is 9. The number of H-pyrrole nitrogens is 1. The van der Waals surface area contributed by atoms with Gasteiger partial charge in [0.2, 0.25) is 0 Å². The highest BCUT2D eigenvalue weighted by Crippen LogP contribution is 2.18. The predicted molar refractivity (Wildman–Crippen MR) is 149 cm³/mol. The highest BCUT2D eigenvalue weighted by atomic mass is 32.1. The Bertz CT molecular complexity index is 1530. The molecular formula is C27H27N5O4S. The van der Waals surface area contributed by atoms with E-state index in [1.165, 1.54) is 4.57 Å². The van der Waals surface area contributed by atoms with Crippen molar-refractivity contribution in [3.63, 3.8) is 0 Å². The highest BCUT2D eigenvalue weighted by Gasteiger charge is 2.18. The third-order valence-corrected chi connectivity index (χ3v) is 5.88. The van der Waals surface area contributed by atoms with Crippen LogP contribution in [0.2, 0.25) is 0 Å². The summed E-state index contributed by atoms with van der Waals surface area (Å²) in [6, 6.07) is 22.4. The van der Waals surface area contributed by atoms with Crippen LogP contribution in [-0.4, -0.2) is 40.8 Å². The van der Waals surface area contributed by atoms with E-state index in [0.29, 0.717) is 25.1 Å². The Kier molecular flexibility index (Phi) is 8.44. The Morgan fingerprint density at radius 2 is 1.73 bits per heavy atom. The first-order chi connectivity index (χ1) is 18.0. The molecule has 3 aromatic carbocycles. The number of fused-ring (bicyclic) bond motifs is 1. The minimum atomic E-state index is -0.609. The summed E-state index contributed by atoms with van der Waals surface area (Å²) in [6.07, 6.45) is 0.635. The Morgan fingerprint density at radius 3 is 2.49 bits per heavy atom. The molecule has 10 heteroatoms. The van der Waals surface area contributed by atoms with Crippen molar-refractivity contribution in [2.75, 3.05) is 30.9 Å². The van der Waals surface area contributed by atoms with E-state index >= 15 is 0 Å². The minimum Gasteiger partial charge on any atom is -0.385 e. The third kappa shape index (κ3) is 6.49. The minimum absolute atomic E-state index is 0.0510. The summed E-state index contributed by atoms with van der Waals surface area (Å²) < 4.78 is 6.44. The second-order valence-electron chi connectivity index (χ2n) is 8.30. The van der Waals surface area contributed by atoms with Crippen molar-refractivity contribution in [1.29, 1.82) is 0 Å². The Morgan fingerprint density at radius 1 is 1.00 bits per heavy atom. The quantitative estimate of drug-likeness (QED) is 0.199. The largest absolute Gasteiger partial charge is 0.385 e. The van der Waals surface area contributed by atoms with Crippen LogP contribution in [0.15, 0.2) is 82.4 Å². The van der Waals surface area contributed by atoms with Gasteiger partial charge < -0.3 is 15.4 Å². The molecule has 1 heterocycles. The fourth-order valence-electron chi connectivity index (χ4n) is 3.86. The summed E-state index contributed by atoms with van der Waals surface area (Å²) in [5.74, 6) is -0.265. The SMILES string of the molecule is COCCCNc1c(NC(=S)NC(=O)c2ccc3ccccc3c2)n(Cc2ccccc2)c(=O)[nH]c1=O. The summed E-state index contributed by atoms with van der Waals surface area (Å²) in [6.45, 7) is 1.09. The molecule has 0 fully saturated rings. The van der Waals surface area contributed by atoms with E-state index in [2.05, 4.69) is 20.9 Å². The lowest BCUT2D eigenvalue weighted by Crippen LogP contribution is -2.39. The molecule has 1 aromatic heterocycles. The van der Waals surface area contributed by atoms with Gasteiger partial charge in [-0.1, -0.05) is 60.7 Å². The number of benzene rings is 3. The van der Waals surface area contributed by atoms with Crippen molar-refractivity contribution in [2.24, 2.45) is 0 Å². The van der Waals surface area contributed by atoms with Gasteiger partial charge in [0.15, 0.2) is 5.11 Å². The fraction of sp³-hybridized carbons (Fsp3) is 0.185. The van der Waals surface area contributed by atoms with Crippen molar-refractivity contribution in [3.05, 3.63) is 105 Å². The number of hydrogen-bond acceptors (Lipinski definition) is 6. The number of aromatic nitrogens is 2. The molecule has 0 bridgehead atoms. The van der Waals surface area contributed by atoms with Crippen molar-refractivity contribution >= 4 is 45.5 Å². The molecule has 190 valence electrons. The van der Waals surface area contributed by atoms with E-state index in [1.54, 1.807) is 19.2 Å². The molecule has 0 radical (unpaired) electrons. The summed E-state index contributed by atoms with van der Waals surface area (Å²) in [5, 5.41) is 10.5. The highest BCUT2D eigenvalue weighted by molar-refractivity contribution is 7.80. The molecule has 0 unspecified atom stereocenters. The molecule has 0 aliphatic rings. The molecule has 0 aliphatic heterocycles. The van der Waals surface area contributed by atoms with E-state index in [4.69, 9.17) is 17.0 Å². The van der Waals surface area contributed by atoms with E-state index in [-0.39, 0.29) is 23.2 Å². The molecule has 1 amide bonds. The normalized spacial score (nSPS) is 10.7. The van der Waals surface area contributed by atoms with Crippen LogP contribution < -0.4 is 27.2 Å². The van der Waals surface area contributed by atoms with Gasteiger partial charge in [0.1, 0.15) is 11.5 Å². The smallest absolute Gasteiger partial charge is 0.330 e. The second kappa shape index (κ2) is 12.1. The summed E-state index contributed by atoms with van der Waals surface area (Å²) in [7, 11) is 1.59. The van der Waals surface area contributed by atoms with Crippen molar-refractivity contribution in [1.82, 2.24) is 14.9 Å². The van der Waals surface area contributed by atoms with Gasteiger partial charge in [-0.25, -0.2) is 4.79 Å². The molecule has 0 saturated carbocycles. The standard InChI is InChI=1S/C27H27N5O4S/c1-36-15-7-14-28-22-23(32(27(35)31-25(22)34)17-18-8-3-2-4-9-18)29-26(37)30-24(33)21-13-12-19-10-5-6-11-20(19)16-21/h2-6,8-13,16,28H,7,14-15,17H2,1H3,(H,31,34,35)(H2,29,30,33,37). The Hall–Kier alpha value is -4.28. The number of hydrogen-bond donors (Lipinski definition) is 4. The average molecular weight is 518 g/mol. The maximum absolute atomic E-state index is 12.9. The summed E-state index contributed by atoms with van der Waals surface area (Å²) in [4.78, 5) is 40.9. The number of amides is 1. The molecule has 0 saturated heterocycles. The number of nitrogens with one attached hydrogen (secondary N) is 4. The van der Waals surface area contributed by atoms with Crippen molar-refractivity contribution in [2.45, 2.75) is 13.0 Å². The number of carbonyl (C=O) groups excluding carboxylic acids is 1. The zero-order valence-electron chi connectivity index (χ0n) is 20.2. The predicted octanol–water partition coefficient (Wildman–Crippen LogP) is 3.31. The monoisotopic (exact) mass is 517 g/mol. The van der Waals surface area contributed by atoms with E-state index < -0.39 is 17.2 Å². The van der Waals surface area contributed by atoms with Gasteiger partial charge >= 0.3 is 5.69 Å². The second-order valence-corrected chi connectivity index (χ2v) is 8.71. The molecular weight excluding hydrogens is 490 g/mol. The number of ether oxygens (including phenoxy) is 1. The topological polar surface area (TPSA) is 117 Å². The number of aromatic amines is 1. The molecule has 0 aliphatic carbocycles. The molecule has 0 spiro atoms. The summed E-state index contributed by atoms with van der Waals surface area (Å²) >= 11 is 5.41. The number of nitrogens with zero attached hydrogens (tertiary/aromatic N) is 1. The Labute approximate surface area is 218 Å². The summed E-state index contributed by atoms with van der Waals surface area (Å²) in [5.41, 5.74) is 0.193. The van der Waals surface area contributed by atoms with E-state index in [0.717, 1.165) is 16.3 Å². The van der Waals surface area contributed by atoms with Gasteiger partial charge in [-0.3, -0.25) is 24.5 Å². The maximum atomic E-state index is 12.9. The number of methoxy groups -OCH3 is 1. The third-order valence-electron chi connectivity index (χ3n) is 5.68. The first-order valence-electron chi connectivity index (χ1n) is 11.7. The molecule has 4 rings (SSSR count). The van der Waals surface area contributed by atoms with Gasteiger partial charge in [0.25, 0.3) is 11.5 Å². The maximum Gasteiger partial charge on any atom is 0.330 e. The number of thiocarbonyl (C=S) groups is 1. The fourth-order valence-corrected chi connectivity index (χ4v) is 4.05. The van der Waals surface area contributed by atoms with Crippen LogP contribution in [0, 0.1) is 0 Å².